The van der Waals surface area contributed by atoms with E-state index in [4.69, 9.17) is 5.11 Å². The first kappa shape index (κ1) is 32.5. The maximum absolute atomic E-state index is 13.8. The van der Waals surface area contributed by atoms with E-state index in [9.17, 15) is 29.3 Å². The number of phenols is 1. The van der Waals surface area contributed by atoms with Crippen molar-refractivity contribution in [2.24, 2.45) is 0 Å². The van der Waals surface area contributed by atoms with E-state index in [1.807, 2.05) is 13.8 Å². The minimum absolute atomic E-state index is 0. The summed E-state index contributed by atoms with van der Waals surface area (Å²) in [5.41, 5.74) is 2.31. The number of carbonyl (C=O) groups excluding carboxylic acids is 1. The van der Waals surface area contributed by atoms with E-state index in [0.717, 1.165) is 0 Å². The second-order valence-electron chi connectivity index (χ2n) is 9.47. The zero-order valence-corrected chi connectivity index (χ0v) is 21.7. The third-order valence-electron chi connectivity index (χ3n) is 6.28. The van der Waals surface area contributed by atoms with Crippen molar-refractivity contribution in [3.8, 4) is 11.4 Å². The molecule has 0 radical (unpaired) electrons. The monoisotopic (exact) mass is 551 g/mol. The van der Waals surface area contributed by atoms with E-state index in [0.29, 0.717) is 22.6 Å². The van der Waals surface area contributed by atoms with Crippen LogP contribution in [0.5, 0.6) is 5.75 Å². The first-order chi connectivity index (χ1) is 18.0. The number of nitrogens with zero attached hydrogens (tertiary/aromatic N) is 3. The Morgan fingerprint density at radius 3 is 2.26 bits per heavy atom. The molecular weight excluding hydrogens is 516 g/mol. The molecule has 11 heteroatoms. The Hall–Kier alpha value is -2.76. The fraction of sp³-hybridized carbons (Fsp3) is 0.393. The molecular formula is C28H35FN3NaO6. The van der Waals surface area contributed by atoms with Crippen LogP contribution >= 0.6 is 0 Å². The molecule has 1 amide bonds. The van der Waals surface area contributed by atoms with Crippen LogP contribution in [0.4, 0.5) is 10.1 Å². The van der Waals surface area contributed by atoms with Gasteiger partial charge in [0.05, 0.1) is 30.0 Å². The SMILES string of the molecule is CCN(C(=O)c1nn(-c2ccc(F)cc2)c(CC[C@@H](O)C[C@@H](O)CC(=O)O)c1C(C)C)c1ccccc1O.[NaH]. The van der Waals surface area contributed by atoms with Crippen LogP contribution in [-0.4, -0.2) is 90.4 Å². The van der Waals surface area contributed by atoms with E-state index in [-0.39, 0.29) is 72.7 Å². The van der Waals surface area contributed by atoms with Crippen molar-refractivity contribution in [3.63, 3.8) is 0 Å². The van der Waals surface area contributed by atoms with Crippen molar-refractivity contribution in [2.75, 3.05) is 11.4 Å². The summed E-state index contributed by atoms with van der Waals surface area (Å²) in [6.45, 7) is 5.88. The molecule has 4 N–H and O–H groups in total. The first-order valence-corrected chi connectivity index (χ1v) is 12.6. The van der Waals surface area contributed by atoms with E-state index < -0.39 is 36.3 Å². The van der Waals surface area contributed by atoms with Gasteiger partial charge in [0.15, 0.2) is 5.69 Å². The summed E-state index contributed by atoms with van der Waals surface area (Å²) in [5.74, 6) is -2.21. The van der Waals surface area contributed by atoms with Gasteiger partial charge in [-0.25, -0.2) is 9.07 Å². The van der Waals surface area contributed by atoms with Crippen LogP contribution in [0, 0.1) is 5.82 Å². The number of rotatable bonds is 12. The van der Waals surface area contributed by atoms with Crippen LogP contribution in [0.2, 0.25) is 0 Å². The predicted molar refractivity (Wildman–Crippen MR) is 147 cm³/mol. The molecule has 9 nitrogen and oxygen atoms in total. The molecule has 1 aromatic heterocycles. The molecule has 0 aliphatic heterocycles. The molecule has 0 saturated carbocycles. The number of hydrogen-bond donors (Lipinski definition) is 4. The van der Waals surface area contributed by atoms with Gasteiger partial charge in [-0.05, 0) is 68.5 Å². The van der Waals surface area contributed by atoms with Crippen LogP contribution < -0.4 is 4.90 Å². The number of halogens is 1. The molecule has 0 saturated heterocycles. The van der Waals surface area contributed by atoms with Crippen LogP contribution in [0.25, 0.3) is 5.69 Å². The molecule has 3 aromatic rings. The number of aliphatic hydroxyl groups excluding tert-OH is 2. The second kappa shape index (κ2) is 14.6. The van der Waals surface area contributed by atoms with Gasteiger partial charge in [0.25, 0.3) is 5.91 Å². The number of para-hydroxylation sites is 2. The number of benzene rings is 2. The third-order valence-corrected chi connectivity index (χ3v) is 6.28. The van der Waals surface area contributed by atoms with Crippen LogP contribution in [0.3, 0.4) is 0 Å². The number of hydrogen-bond acceptors (Lipinski definition) is 6. The summed E-state index contributed by atoms with van der Waals surface area (Å²) in [6.07, 6.45) is -2.34. The molecule has 2 atom stereocenters. The molecule has 1 heterocycles. The Balaban J connectivity index is 0.00000533. The van der Waals surface area contributed by atoms with Crippen molar-refractivity contribution in [3.05, 3.63) is 71.3 Å². The number of aromatic nitrogens is 2. The van der Waals surface area contributed by atoms with E-state index in [1.54, 1.807) is 29.8 Å². The number of carboxylic acid groups (broad SMARTS) is 1. The Kier molecular flexibility index (Phi) is 12.1. The van der Waals surface area contributed by atoms with Gasteiger partial charge in [0.2, 0.25) is 0 Å². The maximum atomic E-state index is 13.8. The fourth-order valence-electron chi connectivity index (χ4n) is 4.53. The zero-order valence-electron chi connectivity index (χ0n) is 21.7. The zero-order chi connectivity index (χ0) is 28.0. The number of carboxylic acids is 1. The van der Waals surface area contributed by atoms with E-state index >= 15 is 0 Å². The van der Waals surface area contributed by atoms with Crippen molar-refractivity contribution in [2.45, 2.75) is 64.6 Å². The first-order valence-electron chi connectivity index (χ1n) is 12.6. The summed E-state index contributed by atoms with van der Waals surface area (Å²) in [4.78, 5) is 26.1. The Labute approximate surface area is 249 Å². The molecule has 3 rings (SSSR count). The van der Waals surface area contributed by atoms with E-state index in [2.05, 4.69) is 5.10 Å². The number of aliphatic hydroxyl groups is 2. The number of aliphatic carboxylic acids is 1. The normalized spacial score (nSPS) is 12.6. The van der Waals surface area contributed by atoms with Gasteiger partial charge >= 0.3 is 35.5 Å². The summed E-state index contributed by atoms with van der Waals surface area (Å²) in [5, 5.41) is 44.3. The van der Waals surface area contributed by atoms with Gasteiger partial charge in [-0.1, -0.05) is 26.0 Å². The Bertz CT molecular complexity index is 1260. The van der Waals surface area contributed by atoms with Gasteiger partial charge in [-0.3, -0.25) is 9.59 Å². The fourth-order valence-corrected chi connectivity index (χ4v) is 4.53. The average Bonchev–Trinajstić information content (AvgIpc) is 3.24. The number of carbonyl (C=O) groups is 2. The number of amides is 1. The molecule has 39 heavy (non-hydrogen) atoms. The average molecular weight is 552 g/mol. The second-order valence-corrected chi connectivity index (χ2v) is 9.47. The number of phenolic OH excluding ortho intramolecular Hbond substituents is 1. The summed E-state index contributed by atoms with van der Waals surface area (Å²) < 4.78 is 15.2. The molecule has 0 unspecified atom stereocenters. The van der Waals surface area contributed by atoms with Crippen molar-refractivity contribution in [1.29, 1.82) is 0 Å². The predicted octanol–water partition coefficient (Wildman–Crippen LogP) is 3.38. The molecule has 0 spiro atoms. The molecule has 0 aliphatic rings. The Morgan fingerprint density at radius 1 is 1.05 bits per heavy atom. The van der Waals surface area contributed by atoms with Gasteiger partial charge in [0, 0.05) is 17.8 Å². The Morgan fingerprint density at radius 2 is 1.69 bits per heavy atom. The van der Waals surface area contributed by atoms with Gasteiger partial charge in [-0.15, -0.1) is 0 Å². The standard InChI is InChI=1S/C28H34FN3O6.Na.H/c1-4-31(22-7-5-6-8-24(22)35)28(38)27-26(17(2)3)23(14-13-20(33)15-21(34)16-25(36)37)32(30-27)19-11-9-18(29)10-12-19;;/h5-12,17,20-21,33-35H,4,13-16H2,1-3H3,(H,36,37);;/t20-,21-;;/m1../s1. The van der Waals surface area contributed by atoms with E-state index in [1.165, 1.54) is 35.2 Å². The van der Waals surface area contributed by atoms with Crippen LogP contribution in [0.15, 0.2) is 48.5 Å². The molecule has 0 aliphatic carbocycles. The molecule has 0 fully saturated rings. The van der Waals surface area contributed by atoms with Crippen molar-refractivity contribution in [1.82, 2.24) is 9.78 Å². The quantitative estimate of drug-likeness (QED) is 0.253. The molecule has 0 bridgehead atoms. The van der Waals surface area contributed by atoms with Gasteiger partial charge < -0.3 is 25.3 Å². The summed E-state index contributed by atoms with van der Waals surface area (Å²) in [6, 6.07) is 12.2. The number of aromatic hydroxyl groups is 1. The van der Waals surface area contributed by atoms with Crippen molar-refractivity contribution < 1.29 is 34.4 Å². The molecule has 2 aromatic carbocycles. The van der Waals surface area contributed by atoms with Crippen molar-refractivity contribution >= 4 is 47.1 Å². The topological polar surface area (TPSA) is 136 Å². The van der Waals surface area contributed by atoms with Crippen LogP contribution in [0.1, 0.15) is 67.7 Å². The van der Waals surface area contributed by atoms with Gasteiger partial charge in [-0.2, -0.15) is 5.10 Å². The number of anilines is 1. The molecule has 206 valence electrons. The third kappa shape index (κ3) is 8.12. The minimum atomic E-state index is -1.19. The van der Waals surface area contributed by atoms with Gasteiger partial charge in [0.1, 0.15) is 11.6 Å². The summed E-state index contributed by atoms with van der Waals surface area (Å²) in [7, 11) is 0. The summed E-state index contributed by atoms with van der Waals surface area (Å²) >= 11 is 0. The van der Waals surface area contributed by atoms with Crippen LogP contribution in [-0.2, 0) is 11.2 Å².